The van der Waals surface area contributed by atoms with Crippen LogP contribution in [0, 0.1) is 31.4 Å². The summed E-state index contributed by atoms with van der Waals surface area (Å²) in [6.07, 6.45) is 5.87. The van der Waals surface area contributed by atoms with Gasteiger partial charge in [0.1, 0.15) is 28.9 Å². The first-order chi connectivity index (χ1) is 16.9. The number of anilines is 1. The lowest BCUT2D eigenvalue weighted by atomic mass is 10.1. The summed E-state index contributed by atoms with van der Waals surface area (Å²) in [5.41, 5.74) is 3.65. The number of benzene rings is 1. The lowest BCUT2D eigenvalue weighted by Gasteiger charge is -2.38. The van der Waals surface area contributed by atoms with E-state index >= 15 is 0 Å². The van der Waals surface area contributed by atoms with Gasteiger partial charge in [0.15, 0.2) is 5.65 Å². The van der Waals surface area contributed by atoms with Crippen LogP contribution < -0.4 is 4.90 Å². The molecule has 180 valence electrons. The molecular weight excluding hydrogens is 452 g/mol. The van der Waals surface area contributed by atoms with Gasteiger partial charge in [0, 0.05) is 37.0 Å². The van der Waals surface area contributed by atoms with Crippen molar-refractivity contribution >= 4 is 17.1 Å². The monoisotopic (exact) mass is 477 g/mol. The smallest absolute Gasteiger partial charge is 0.228 e. The zero-order valence-electron chi connectivity index (χ0n) is 19.7. The van der Waals surface area contributed by atoms with E-state index in [1.807, 2.05) is 33.3 Å². The Balaban J connectivity index is 1.48. The van der Waals surface area contributed by atoms with E-state index in [1.165, 1.54) is 12.1 Å². The second kappa shape index (κ2) is 8.30. The zero-order chi connectivity index (χ0) is 24.3. The van der Waals surface area contributed by atoms with Gasteiger partial charge in [-0.05, 0) is 44.7 Å². The largest absolute Gasteiger partial charge is 0.366 e. The van der Waals surface area contributed by atoms with Gasteiger partial charge in [0.2, 0.25) is 5.95 Å². The van der Waals surface area contributed by atoms with Gasteiger partial charge in [-0.15, -0.1) is 0 Å². The molecule has 0 spiro atoms. The van der Waals surface area contributed by atoms with Gasteiger partial charge in [-0.2, -0.15) is 10.1 Å². The van der Waals surface area contributed by atoms with Crippen LogP contribution in [0.5, 0.6) is 0 Å². The third-order valence-electron chi connectivity index (χ3n) is 6.77. The maximum absolute atomic E-state index is 14.9. The van der Waals surface area contributed by atoms with Crippen molar-refractivity contribution in [2.45, 2.75) is 38.9 Å². The highest BCUT2D eigenvalue weighted by molar-refractivity contribution is 5.88. The Morgan fingerprint density at radius 2 is 1.80 bits per heavy atom. The van der Waals surface area contributed by atoms with E-state index in [0.29, 0.717) is 47.5 Å². The van der Waals surface area contributed by atoms with Gasteiger partial charge in [0.25, 0.3) is 0 Å². The molecule has 0 N–H and O–H groups in total. The third-order valence-corrected chi connectivity index (χ3v) is 6.77. The predicted octanol–water partition coefficient (Wildman–Crippen LogP) is 4.07. The van der Waals surface area contributed by atoms with Crippen LogP contribution >= 0.6 is 0 Å². The summed E-state index contributed by atoms with van der Waals surface area (Å²) >= 11 is 0. The fourth-order valence-electron chi connectivity index (χ4n) is 4.58. The Hall–Kier alpha value is -3.53. The number of halogens is 2. The summed E-state index contributed by atoms with van der Waals surface area (Å²) in [6.45, 7) is 4.83. The van der Waals surface area contributed by atoms with Crippen molar-refractivity contribution in [2.75, 3.05) is 18.0 Å². The summed E-state index contributed by atoms with van der Waals surface area (Å²) < 4.78 is 36.8. The molecule has 35 heavy (non-hydrogen) atoms. The maximum atomic E-state index is 14.9. The van der Waals surface area contributed by atoms with E-state index in [1.54, 1.807) is 4.68 Å². The van der Waals surface area contributed by atoms with Crippen LogP contribution in [-0.4, -0.2) is 48.9 Å². The highest BCUT2D eigenvalue weighted by atomic mass is 19.1. The number of morpholine rings is 1. The molecule has 8 nitrogen and oxygen atoms in total. The number of fused-ring (bicyclic) bond motifs is 1. The van der Waals surface area contributed by atoms with Crippen molar-refractivity contribution in [1.82, 2.24) is 29.7 Å². The molecule has 3 aromatic heterocycles. The third kappa shape index (κ3) is 4.12. The highest BCUT2D eigenvalue weighted by Gasteiger charge is 2.40. The molecule has 2 aliphatic rings. The molecule has 10 heteroatoms. The van der Waals surface area contributed by atoms with Crippen LogP contribution in [0.25, 0.3) is 22.4 Å². The molecule has 4 heterocycles. The topological polar surface area (TPSA) is 81.9 Å². The van der Waals surface area contributed by atoms with Gasteiger partial charge in [-0.3, -0.25) is 4.68 Å². The maximum Gasteiger partial charge on any atom is 0.228 e. The molecule has 0 amide bonds. The van der Waals surface area contributed by atoms with Crippen molar-refractivity contribution in [1.29, 1.82) is 0 Å². The second-order valence-corrected chi connectivity index (χ2v) is 9.42. The van der Waals surface area contributed by atoms with E-state index < -0.39 is 11.6 Å². The molecule has 1 saturated heterocycles. The van der Waals surface area contributed by atoms with Crippen LogP contribution in [0.4, 0.5) is 14.7 Å². The highest BCUT2D eigenvalue weighted by Crippen LogP contribution is 2.40. The molecule has 2 fully saturated rings. The minimum atomic E-state index is -0.706. The van der Waals surface area contributed by atoms with Crippen LogP contribution in [0.1, 0.15) is 35.9 Å². The average molecular weight is 478 g/mol. The molecule has 1 aliphatic carbocycles. The molecular formula is C25H25F2N7O. The lowest BCUT2D eigenvalue weighted by molar-refractivity contribution is -0.0389. The van der Waals surface area contributed by atoms with E-state index in [4.69, 9.17) is 14.7 Å². The Morgan fingerprint density at radius 3 is 2.51 bits per heavy atom. The Bertz CT molecular complexity index is 1440. The summed E-state index contributed by atoms with van der Waals surface area (Å²) in [5, 5.41) is 4.30. The molecule has 0 unspecified atom stereocenters. The predicted molar refractivity (Wildman–Crippen MR) is 126 cm³/mol. The Morgan fingerprint density at radius 1 is 1.00 bits per heavy atom. The number of rotatable bonds is 4. The first kappa shape index (κ1) is 22.0. The normalized spacial score (nSPS) is 20.5. The molecule has 2 atom stereocenters. The molecule has 0 bridgehead atoms. The molecule has 0 radical (unpaired) electrons. The van der Waals surface area contributed by atoms with Crippen LogP contribution in [0.15, 0.2) is 30.6 Å². The molecule has 6 rings (SSSR count). The number of nitrogens with zero attached hydrogens (tertiary/aromatic N) is 7. The van der Waals surface area contributed by atoms with E-state index in [2.05, 4.69) is 20.0 Å². The number of ether oxygens (including phenoxy) is 1. The van der Waals surface area contributed by atoms with Crippen molar-refractivity contribution in [3.05, 3.63) is 59.2 Å². The van der Waals surface area contributed by atoms with Gasteiger partial charge in [-0.25, -0.2) is 23.7 Å². The van der Waals surface area contributed by atoms with Gasteiger partial charge < -0.3 is 9.64 Å². The summed E-state index contributed by atoms with van der Waals surface area (Å²) in [6, 6.07) is 3.46. The summed E-state index contributed by atoms with van der Waals surface area (Å²) in [5.74, 6) is -0.433. The number of aryl methyl sites for hydroxylation is 3. The van der Waals surface area contributed by atoms with E-state index in [0.717, 1.165) is 30.2 Å². The van der Waals surface area contributed by atoms with Crippen LogP contribution in [-0.2, 0) is 11.8 Å². The molecule has 1 aliphatic heterocycles. The second-order valence-electron chi connectivity index (χ2n) is 9.42. The van der Waals surface area contributed by atoms with E-state index in [9.17, 15) is 8.78 Å². The average Bonchev–Trinajstić information content (AvgIpc) is 3.59. The van der Waals surface area contributed by atoms with Crippen LogP contribution in [0.2, 0.25) is 0 Å². The Labute approximate surface area is 201 Å². The quantitative estimate of drug-likeness (QED) is 0.438. The van der Waals surface area contributed by atoms with Gasteiger partial charge in [0.05, 0.1) is 30.2 Å². The number of aromatic nitrogens is 6. The summed E-state index contributed by atoms with van der Waals surface area (Å²) in [7, 11) is 1.88. The fourth-order valence-corrected chi connectivity index (χ4v) is 4.58. The van der Waals surface area contributed by atoms with Crippen LogP contribution in [0.3, 0.4) is 0 Å². The van der Waals surface area contributed by atoms with Crippen molar-refractivity contribution in [2.24, 2.45) is 13.0 Å². The Kier molecular flexibility index (Phi) is 5.21. The number of hydrogen-bond acceptors (Lipinski definition) is 7. The first-order valence-corrected chi connectivity index (χ1v) is 11.7. The van der Waals surface area contributed by atoms with Crippen molar-refractivity contribution < 1.29 is 13.5 Å². The minimum absolute atomic E-state index is 0.0325. The standard InChI is InChI=1S/C25H25F2N7O/c1-13-14(2)30-24-23(29-13)22(18-7-6-17(26)8-19(18)27)31-25(32-24)34-11-20(15-4-5-15)35-21(12-34)16-9-28-33(3)10-16/h6-10,15,20-21H,4-5,11-12H2,1-3H3/t20-,21+/m1/s1. The summed E-state index contributed by atoms with van der Waals surface area (Å²) in [4.78, 5) is 20.8. The van der Waals surface area contributed by atoms with Gasteiger partial charge >= 0.3 is 0 Å². The molecule has 1 aromatic carbocycles. The van der Waals surface area contributed by atoms with Gasteiger partial charge in [-0.1, -0.05) is 0 Å². The fraction of sp³-hybridized carbons (Fsp3) is 0.400. The lowest BCUT2D eigenvalue weighted by Crippen LogP contribution is -2.45. The molecule has 1 saturated carbocycles. The SMILES string of the molecule is Cc1nc2nc(N3C[C@@H](c4cnn(C)c4)O[C@@H](C4CC4)C3)nc(-c3ccc(F)cc3F)c2nc1C. The minimum Gasteiger partial charge on any atom is -0.366 e. The number of hydrogen-bond donors (Lipinski definition) is 0. The van der Waals surface area contributed by atoms with Crippen molar-refractivity contribution in [3.63, 3.8) is 0 Å². The zero-order valence-corrected chi connectivity index (χ0v) is 19.7. The first-order valence-electron chi connectivity index (χ1n) is 11.7. The van der Waals surface area contributed by atoms with E-state index in [-0.39, 0.29) is 17.8 Å². The van der Waals surface area contributed by atoms with Crippen molar-refractivity contribution in [3.8, 4) is 11.3 Å². The molecule has 4 aromatic rings.